The van der Waals surface area contributed by atoms with Crippen molar-refractivity contribution < 1.29 is 23.8 Å². The average molecular weight is 605 g/mol. The van der Waals surface area contributed by atoms with Crippen LogP contribution in [0.3, 0.4) is 0 Å². The summed E-state index contributed by atoms with van der Waals surface area (Å²) in [6, 6.07) is 13.6. The van der Waals surface area contributed by atoms with Gasteiger partial charge in [-0.05, 0) is 41.9 Å². The normalized spacial score (nSPS) is 17.1. The van der Waals surface area contributed by atoms with E-state index < -0.39 is 0 Å². The molecular formula is C30H42BrN3O5. The molecule has 3 rings (SSSR count). The van der Waals surface area contributed by atoms with Crippen molar-refractivity contribution in [3.8, 4) is 11.5 Å². The van der Waals surface area contributed by atoms with Gasteiger partial charge in [0.1, 0.15) is 5.84 Å². The third-order valence-electron chi connectivity index (χ3n) is 6.96. The maximum Gasteiger partial charge on any atom is 0.217 e. The quantitative estimate of drug-likeness (QED) is 0.242. The zero-order valence-corrected chi connectivity index (χ0v) is 25.3. The van der Waals surface area contributed by atoms with E-state index in [1.165, 1.54) is 0 Å². The fourth-order valence-electron chi connectivity index (χ4n) is 5.01. The van der Waals surface area contributed by atoms with Crippen LogP contribution in [0.2, 0.25) is 0 Å². The van der Waals surface area contributed by atoms with Gasteiger partial charge in [0.2, 0.25) is 5.91 Å². The predicted octanol–water partition coefficient (Wildman–Crippen LogP) is 5.13. The molecule has 1 aliphatic rings. The van der Waals surface area contributed by atoms with Crippen LogP contribution in [0, 0.1) is 11.3 Å². The number of ether oxygens (including phenoxy) is 3. The standard InChI is InChI=1S/C30H41N3O5.BrH/c1-30(2,3)23-16-22(17-25(28(23)37-5)38-14-9-12-26(31)35)24(34)19-33-18-21(13-15-36-4)27(29(33)32)20-10-7-6-8-11-20;/h6-8,10-11,16-17,21,27,32H,9,12-15,18-19H2,1-5H3,(H2,31,35);1H. The number of nitrogens with two attached hydrogens (primary N) is 1. The number of carbonyl (C=O) groups is 2. The Hall–Kier alpha value is -2.91. The van der Waals surface area contributed by atoms with Crippen molar-refractivity contribution in [1.82, 2.24) is 4.90 Å². The summed E-state index contributed by atoms with van der Waals surface area (Å²) in [7, 11) is 3.26. The number of hydrogen-bond donors (Lipinski definition) is 2. The second-order valence-electron chi connectivity index (χ2n) is 10.8. The van der Waals surface area contributed by atoms with Crippen LogP contribution in [0.4, 0.5) is 0 Å². The van der Waals surface area contributed by atoms with Crippen molar-refractivity contribution >= 4 is 34.5 Å². The lowest BCUT2D eigenvalue weighted by Gasteiger charge is -2.25. The Bertz CT molecular complexity index is 1130. The van der Waals surface area contributed by atoms with Gasteiger partial charge in [-0.2, -0.15) is 0 Å². The molecule has 0 aromatic heterocycles. The molecule has 8 nitrogen and oxygen atoms in total. The van der Waals surface area contributed by atoms with Crippen LogP contribution in [0.15, 0.2) is 42.5 Å². The van der Waals surface area contributed by atoms with Gasteiger partial charge in [-0.1, -0.05) is 51.1 Å². The van der Waals surface area contributed by atoms with Crippen molar-refractivity contribution in [2.45, 2.75) is 51.4 Å². The van der Waals surface area contributed by atoms with E-state index in [0.717, 1.165) is 17.5 Å². The summed E-state index contributed by atoms with van der Waals surface area (Å²) in [5, 5.41) is 8.97. The highest BCUT2D eigenvalue weighted by Crippen LogP contribution is 2.41. The number of halogens is 1. The molecular weight excluding hydrogens is 562 g/mol. The summed E-state index contributed by atoms with van der Waals surface area (Å²) in [5.41, 5.74) is 7.39. The minimum absolute atomic E-state index is 0. The zero-order chi connectivity index (χ0) is 27.9. The number of amides is 1. The van der Waals surface area contributed by atoms with Gasteiger partial charge in [0.15, 0.2) is 17.3 Å². The summed E-state index contributed by atoms with van der Waals surface area (Å²) in [6.45, 7) is 7.75. The van der Waals surface area contributed by atoms with Gasteiger partial charge in [0.05, 0.1) is 20.3 Å². The lowest BCUT2D eigenvalue weighted by Crippen LogP contribution is -2.32. The Morgan fingerprint density at radius 1 is 1.10 bits per heavy atom. The number of carbonyl (C=O) groups excluding carboxylic acids is 2. The monoisotopic (exact) mass is 603 g/mol. The molecule has 1 aliphatic heterocycles. The van der Waals surface area contributed by atoms with Crippen LogP contribution < -0.4 is 15.2 Å². The first-order valence-corrected chi connectivity index (χ1v) is 13.1. The van der Waals surface area contributed by atoms with Gasteiger partial charge in [-0.15, -0.1) is 17.0 Å². The molecule has 1 amide bonds. The molecule has 1 saturated heterocycles. The van der Waals surface area contributed by atoms with Gasteiger partial charge in [0.25, 0.3) is 0 Å². The highest BCUT2D eigenvalue weighted by Gasteiger charge is 2.39. The lowest BCUT2D eigenvalue weighted by molar-refractivity contribution is -0.118. The van der Waals surface area contributed by atoms with E-state index in [1.54, 1.807) is 20.3 Å². The first kappa shape index (κ1) is 32.3. The number of benzene rings is 2. The second kappa shape index (κ2) is 14.5. The maximum atomic E-state index is 13.6. The minimum atomic E-state index is -0.384. The number of hydrogen-bond acceptors (Lipinski definition) is 6. The Morgan fingerprint density at radius 2 is 1.79 bits per heavy atom. The number of primary amides is 1. The largest absolute Gasteiger partial charge is 0.493 e. The molecule has 2 unspecified atom stereocenters. The highest BCUT2D eigenvalue weighted by atomic mass is 79.9. The van der Waals surface area contributed by atoms with Gasteiger partial charge in [0, 0.05) is 43.7 Å². The summed E-state index contributed by atoms with van der Waals surface area (Å²) < 4.78 is 17.0. The SMILES string of the molecule is Br.COCCC1CN(CC(=O)c2cc(OCCCC(N)=O)c(OC)c(C(C)(C)C)c2)C(=N)C1c1ccccc1. The number of nitrogens with one attached hydrogen (secondary N) is 1. The maximum absolute atomic E-state index is 13.6. The Morgan fingerprint density at radius 3 is 2.38 bits per heavy atom. The highest BCUT2D eigenvalue weighted by molar-refractivity contribution is 8.93. The van der Waals surface area contributed by atoms with Gasteiger partial charge in [-0.3, -0.25) is 15.0 Å². The number of nitrogens with zero attached hydrogens (tertiary/aromatic N) is 1. The predicted molar refractivity (Wildman–Crippen MR) is 159 cm³/mol. The number of Topliss-reactive ketones (excluding diaryl/α,β-unsaturated/α-hetero) is 1. The van der Waals surface area contributed by atoms with E-state index in [-0.39, 0.29) is 65.5 Å². The van der Waals surface area contributed by atoms with E-state index in [9.17, 15) is 9.59 Å². The molecule has 2 aromatic rings. The van der Waals surface area contributed by atoms with Crippen LogP contribution in [0.25, 0.3) is 0 Å². The average Bonchev–Trinajstić information content (AvgIpc) is 3.18. The number of ketones is 1. The van der Waals surface area contributed by atoms with Crippen LogP contribution >= 0.6 is 17.0 Å². The molecule has 0 spiro atoms. The van der Waals surface area contributed by atoms with E-state index in [0.29, 0.717) is 42.5 Å². The fraction of sp³-hybridized carbons (Fsp3) is 0.500. The van der Waals surface area contributed by atoms with E-state index in [1.807, 2.05) is 41.3 Å². The molecule has 0 saturated carbocycles. The molecule has 1 heterocycles. The van der Waals surface area contributed by atoms with Crippen LogP contribution in [0.1, 0.15) is 67.4 Å². The first-order chi connectivity index (χ1) is 18.1. The minimum Gasteiger partial charge on any atom is -0.493 e. The van der Waals surface area contributed by atoms with Gasteiger partial charge in [-0.25, -0.2) is 0 Å². The lowest BCUT2D eigenvalue weighted by atomic mass is 9.84. The molecule has 1 fully saturated rings. The molecule has 0 bridgehead atoms. The number of rotatable bonds is 13. The van der Waals surface area contributed by atoms with Crippen molar-refractivity contribution in [1.29, 1.82) is 5.41 Å². The zero-order valence-electron chi connectivity index (χ0n) is 23.6. The van der Waals surface area contributed by atoms with Crippen LogP contribution in [-0.2, 0) is 14.9 Å². The molecule has 214 valence electrons. The van der Waals surface area contributed by atoms with Gasteiger partial charge >= 0.3 is 0 Å². The third kappa shape index (κ3) is 8.29. The van der Waals surface area contributed by atoms with Gasteiger partial charge < -0.3 is 24.8 Å². The molecule has 0 radical (unpaired) electrons. The van der Waals surface area contributed by atoms with E-state index in [2.05, 4.69) is 20.8 Å². The molecule has 2 atom stereocenters. The Labute approximate surface area is 242 Å². The van der Waals surface area contributed by atoms with Crippen LogP contribution in [0.5, 0.6) is 11.5 Å². The molecule has 3 N–H and O–H groups in total. The second-order valence-corrected chi connectivity index (χ2v) is 10.8. The Kier molecular flexibility index (Phi) is 12.0. The summed E-state index contributed by atoms with van der Waals surface area (Å²) in [5.74, 6) is 1.12. The number of likely N-dealkylation sites (tertiary alicyclic amines) is 1. The van der Waals surface area contributed by atoms with Crippen molar-refractivity contribution in [3.63, 3.8) is 0 Å². The molecule has 0 aliphatic carbocycles. The molecule has 39 heavy (non-hydrogen) atoms. The molecule has 2 aromatic carbocycles. The Balaban J connectivity index is 0.00000533. The first-order valence-electron chi connectivity index (χ1n) is 13.1. The van der Waals surface area contributed by atoms with Crippen molar-refractivity contribution in [2.75, 3.05) is 40.5 Å². The van der Waals surface area contributed by atoms with Crippen molar-refractivity contribution in [2.24, 2.45) is 11.7 Å². The summed E-state index contributed by atoms with van der Waals surface area (Å²) in [4.78, 5) is 26.6. The molecule has 9 heteroatoms. The van der Waals surface area contributed by atoms with E-state index >= 15 is 0 Å². The van der Waals surface area contributed by atoms with Crippen LogP contribution in [-0.4, -0.2) is 62.9 Å². The number of amidine groups is 1. The summed E-state index contributed by atoms with van der Waals surface area (Å²) >= 11 is 0. The van der Waals surface area contributed by atoms with Crippen molar-refractivity contribution in [3.05, 3.63) is 59.2 Å². The third-order valence-corrected chi connectivity index (χ3v) is 6.96. The van der Waals surface area contributed by atoms with E-state index in [4.69, 9.17) is 25.4 Å². The number of methoxy groups -OCH3 is 2. The topological polar surface area (TPSA) is 115 Å². The fourth-order valence-corrected chi connectivity index (χ4v) is 5.01. The smallest absolute Gasteiger partial charge is 0.217 e. The summed E-state index contributed by atoms with van der Waals surface area (Å²) in [6.07, 6.45) is 1.50.